The minimum Gasteiger partial charge on any atom is -0.389 e. The maximum absolute atomic E-state index is 13.0. The van der Waals surface area contributed by atoms with Crippen LogP contribution in [0, 0.1) is 5.82 Å². The summed E-state index contributed by atoms with van der Waals surface area (Å²) < 4.78 is 13.0. The Bertz CT molecular complexity index is 430. The highest BCUT2D eigenvalue weighted by Crippen LogP contribution is 2.09. The van der Waals surface area contributed by atoms with Crippen LogP contribution in [0.3, 0.4) is 0 Å². The Morgan fingerprint density at radius 2 is 2.16 bits per heavy atom. The molecular weight excluding hydrogens is 247 g/mol. The zero-order valence-corrected chi connectivity index (χ0v) is 11.6. The first-order chi connectivity index (χ1) is 8.80. The zero-order chi connectivity index (χ0) is 14.5. The van der Waals surface area contributed by atoms with Crippen molar-refractivity contribution in [1.29, 1.82) is 0 Å². The molecule has 0 saturated carbocycles. The third kappa shape index (κ3) is 6.31. The first-order valence-electron chi connectivity index (χ1n) is 6.30. The van der Waals surface area contributed by atoms with Gasteiger partial charge in [0.2, 0.25) is 5.91 Å². The number of benzene rings is 1. The second kappa shape index (κ2) is 6.63. The van der Waals surface area contributed by atoms with E-state index in [2.05, 4.69) is 5.32 Å². The lowest BCUT2D eigenvalue weighted by Gasteiger charge is -2.27. The van der Waals surface area contributed by atoms with Crippen LogP contribution in [-0.2, 0) is 4.79 Å². The fraction of sp³-hybridized carbons (Fsp3) is 0.500. The van der Waals surface area contributed by atoms with Gasteiger partial charge in [0.25, 0.3) is 0 Å². The Balaban J connectivity index is 2.54. The molecule has 0 bridgehead atoms. The van der Waals surface area contributed by atoms with E-state index >= 15 is 0 Å². The Kier molecular flexibility index (Phi) is 5.44. The lowest BCUT2D eigenvalue weighted by Crippen LogP contribution is -2.42. The summed E-state index contributed by atoms with van der Waals surface area (Å²) in [6.07, 6.45) is 0. The van der Waals surface area contributed by atoms with Crippen molar-refractivity contribution in [3.8, 4) is 0 Å². The molecule has 0 aliphatic rings. The molecule has 106 valence electrons. The molecule has 0 saturated heterocycles. The Morgan fingerprint density at radius 1 is 1.47 bits per heavy atom. The summed E-state index contributed by atoms with van der Waals surface area (Å²) >= 11 is 0. The fourth-order valence-corrected chi connectivity index (χ4v) is 1.80. The van der Waals surface area contributed by atoms with E-state index in [0.717, 1.165) is 0 Å². The summed E-state index contributed by atoms with van der Waals surface area (Å²) in [7, 11) is 0. The molecule has 5 heteroatoms. The van der Waals surface area contributed by atoms with Gasteiger partial charge in [-0.05, 0) is 38.6 Å². The summed E-state index contributed by atoms with van der Waals surface area (Å²) in [6.45, 7) is 6.53. The molecule has 0 spiro atoms. The Morgan fingerprint density at radius 3 is 2.68 bits per heavy atom. The number of anilines is 1. The van der Waals surface area contributed by atoms with E-state index < -0.39 is 5.60 Å². The number of hydrogen-bond acceptors (Lipinski definition) is 3. The van der Waals surface area contributed by atoms with Crippen molar-refractivity contribution in [1.82, 2.24) is 4.90 Å². The van der Waals surface area contributed by atoms with Gasteiger partial charge in [-0.2, -0.15) is 0 Å². The number of rotatable bonds is 6. The highest BCUT2D eigenvalue weighted by molar-refractivity contribution is 5.92. The molecule has 1 amide bonds. The van der Waals surface area contributed by atoms with Crippen LogP contribution in [0.5, 0.6) is 0 Å². The number of aliphatic hydroxyl groups is 1. The quantitative estimate of drug-likeness (QED) is 0.828. The third-order valence-electron chi connectivity index (χ3n) is 2.53. The van der Waals surface area contributed by atoms with Crippen molar-refractivity contribution in [2.75, 3.05) is 25.0 Å². The molecule has 1 rings (SSSR count). The molecule has 1 aromatic carbocycles. The van der Waals surface area contributed by atoms with E-state index in [4.69, 9.17) is 0 Å². The van der Waals surface area contributed by atoms with Gasteiger partial charge in [-0.1, -0.05) is 13.0 Å². The van der Waals surface area contributed by atoms with Crippen molar-refractivity contribution in [2.45, 2.75) is 26.4 Å². The third-order valence-corrected chi connectivity index (χ3v) is 2.53. The average molecular weight is 268 g/mol. The fourth-order valence-electron chi connectivity index (χ4n) is 1.80. The SMILES string of the molecule is CCN(CC(=O)Nc1cccc(F)c1)CC(C)(C)O. The minimum atomic E-state index is -0.852. The van der Waals surface area contributed by atoms with E-state index in [9.17, 15) is 14.3 Å². The van der Waals surface area contributed by atoms with E-state index in [0.29, 0.717) is 18.8 Å². The lowest BCUT2D eigenvalue weighted by molar-refractivity contribution is -0.117. The topological polar surface area (TPSA) is 52.6 Å². The van der Waals surface area contributed by atoms with E-state index in [1.165, 1.54) is 12.1 Å². The molecule has 2 N–H and O–H groups in total. The number of carbonyl (C=O) groups is 1. The summed E-state index contributed by atoms with van der Waals surface area (Å²) in [5.74, 6) is -0.613. The highest BCUT2D eigenvalue weighted by atomic mass is 19.1. The van der Waals surface area contributed by atoms with Gasteiger partial charge in [-0.3, -0.25) is 9.69 Å². The highest BCUT2D eigenvalue weighted by Gasteiger charge is 2.19. The smallest absolute Gasteiger partial charge is 0.238 e. The van der Waals surface area contributed by atoms with Crippen molar-refractivity contribution in [3.05, 3.63) is 30.1 Å². The van der Waals surface area contributed by atoms with Gasteiger partial charge < -0.3 is 10.4 Å². The van der Waals surface area contributed by atoms with Gasteiger partial charge in [-0.15, -0.1) is 0 Å². The van der Waals surface area contributed by atoms with E-state index in [1.807, 2.05) is 11.8 Å². The predicted octanol–water partition coefficient (Wildman–Crippen LogP) is 1.86. The molecule has 0 radical (unpaired) electrons. The van der Waals surface area contributed by atoms with Crippen LogP contribution < -0.4 is 5.32 Å². The van der Waals surface area contributed by atoms with Crippen LogP contribution in [0.15, 0.2) is 24.3 Å². The van der Waals surface area contributed by atoms with Gasteiger partial charge in [0.1, 0.15) is 5.82 Å². The monoisotopic (exact) mass is 268 g/mol. The van der Waals surface area contributed by atoms with Gasteiger partial charge in [0, 0.05) is 12.2 Å². The van der Waals surface area contributed by atoms with Crippen molar-refractivity contribution >= 4 is 11.6 Å². The number of hydrogen-bond donors (Lipinski definition) is 2. The van der Waals surface area contributed by atoms with Crippen LogP contribution in [0.2, 0.25) is 0 Å². The second-order valence-corrected chi connectivity index (χ2v) is 5.17. The predicted molar refractivity (Wildman–Crippen MR) is 73.4 cm³/mol. The van der Waals surface area contributed by atoms with E-state index in [1.54, 1.807) is 26.0 Å². The lowest BCUT2D eigenvalue weighted by atomic mass is 10.1. The Labute approximate surface area is 113 Å². The first kappa shape index (κ1) is 15.6. The molecule has 0 heterocycles. The van der Waals surface area contributed by atoms with Gasteiger partial charge >= 0.3 is 0 Å². The summed E-state index contributed by atoms with van der Waals surface area (Å²) in [5.41, 5.74) is -0.417. The molecule has 0 unspecified atom stereocenters. The molecule has 1 aromatic rings. The summed E-state index contributed by atoms with van der Waals surface area (Å²) in [4.78, 5) is 13.7. The number of carbonyl (C=O) groups excluding carboxylic acids is 1. The maximum atomic E-state index is 13.0. The average Bonchev–Trinajstić information content (AvgIpc) is 2.26. The number of amides is 1. The summed E-state index contributed by atoms with van der Waals surface area (Å²) in [5, 5.41) is 12.4. The molecule has 0 fully saturated rings. The molecule has 0 aromatic heterocycles. The van der Waals surface area contributed by atoms with Crippen LogP contribution in [0.25, 0.3) is 0 Å². The molecule has 0 atom stereocenters. The number of halogens is 1. The van der Waals surface area contributed by atoms with Crippen LogP contribution in [-0.4, -0.2) is 41.1 Å². The van der Waals surface area contributed by atoms with Crippen molar-refractivity contribution < 1.29 is 14.3 Å². The van der Waals surface area contributed by atoms with Crippen LogP contribution in [0.4, 0.5) is 10.1 Å². The van der Waals surface area contributed by atoms with E-state index in [-0.39, 0.29) is 18.3 Å². The normalized spacial score (nSPS) is 11.7. The molecule has 0 aliphatic carbocycles. The summed E-state index contributed by atoms with van der Waals surface area (Å²) in [6, 6.07) is 5.76. The standard InChI is InChI=1S/C14H21FN2O2/c1-4-17(10-14(2,3)19)9-13(18)16-12-7-5-6-11(15)8-12/h5-8,19H,4,9-10H2,1-3H3,(H,16,18). The molecule has 0 aliphatic heterocycles. The Hall–Kier alpha value is -1.46. The molecular formula is C14H21FN2O2. The van der Waals surface area contributed by atoms with Gasteiger partial charge in [0.05, 0.1) is 12.1 Å². The van der Waals surface area contributed by atoms with Crippen molar-refractivity contribution in [3.63, 3.8) is 0 Å². The minimum absolute atomic E-state index is 0.164. The van der Waals surface area contributed by atoms with Crippen molar-refractivity contribution in [2.24, 2.45) is 0 Å². The number of likely N-dealkylation sites (N-methyl/N-ethyl adjacent to an activating group) is 1. The molecule has 4 nitrogen and oxygen atoms in total. The largest absolute Gasteiger partial charge is 0.389 e. The van der Waals surface area contributed by atoms with Gasteiger partial charge in [0.15, 0.2) is 0 Å². The zero-order valence-electron chi connectivity index (χ0n) is 11.6. The number of nitrogens with one attached hydrogen (secondary N) is 1. The number of nitrogens with zero attached hydrogens (tertiary/aromatic N) is 1. The maximum Gasteiger partial charge on any atom is 0.238 e. The first-order valence-corrected chi connectivity index (χ1v) is 6.30. The second-order valence-electron chi connectivity index (χ2n) is 5.17. The van der Waals surface area contributed by atoms with Crippen LogP contribution in [0.1, 0.15) is 20.8 Å². The van der Waals surface area contributed by atoms with Gasteiger partial charge in [-0.25, -0.2) is 4.39 Å². The molecule has 19 heavy (non-hydrogen) atoms. The van der Waals surface area contributed by atoms with Crippen LogP contribution >= 0.6 is 0 Å².